The number of ether oxygens (including phenoxy) is 1. The quantitative estimate of drug-likeness (QED) is 0.345. The number of ketones is 1. The van der Waals surface area contributed by atoms with Crippen LogP contribution in [-0.2, 0) is 22.5 Å². The fourth-order valence-corrected chi connectivity index (χ4v) is 3.89. The molecule has 28 heavy (non-hydrogen) atoms. The van der Waals surface area contributed by atoms with Crippen LogP contribution in [0.4, 0.5) is 4.39 Å². The molecule has 5 heteroatoms. The van der Waals surface area contributed by atoms with Crippen molar-refractivity contribution in [2.45, 2.75) is 64.8 Å². The fraction of sp³-hybridized carbons (Fsp3) is 0.478. The maximum atomic E-state index is 13.2. The summed E-state index contributed by atoms with van der Waals surface area (Å²) in [6.45, 7) is 5.25. The number of benzene rings is 1. The van der Waals surface area contributed by atoms with Crippen LogP contribution in [0.1, 0.15) is 79.2 Å². The number of hydrogen-bond acceptors (Lipinski definition) is 3. The zero-order valence-electron chi connectivity index (χ0n) is 16.7. The first-order valence-electron chi connectivity index (χ1n) is 10.3. The summed E-state index contributed by atoms with van der Waals surface area (Å²) in [6.07, 6.45) is 5.33. The molecule has 0 aliphatic carbocycles. The van der Waals surface area contributed by atoms with Crippen LogP contribution in [0.25, 0.3) is 0 Å². The van der Waals surface area contributed by atoms with Crippen LogP contribution in [0.5, 0.6) is 0 Å². The number of carbonyl (C=O) groups excluding carboxylic acids is 2. The van der Waals surface area contributed by atoms with Crippen LogP contribution in [0.15, 0.2) is 30.3 Å². The van der Waals surface area contributed by atoms with E-state index in [1.54, 1.807) is 0 Å². The molecule has 0 bridgehead atoms. The second kappa shape index (κ2) is 9.18. The van der Waals surface area contributed by atoms with Crippen molar-refractivity contribution < 1.29 is 18.7 Å². The van der Waals surface area contributed by atoms with Crippen molar-refractivity contribution in [3.05, 3.63) is 58.7 Å². The summed E-state index contributed by atoms with van der Waals surface area (Å²) in [5, 5.41) is 0. The molecule has 4 nitrogen and oxygen atoms in total. The van der Waals surface area contributed by atoms with Crippen molar-refractivity contribution in [2.24, 2.45) is 0 Å². The van der Waals surface area contributed by atoms with Gasteiger partial charge in [0.05, 0.1) is 18.2 Å². The Balaban J connectivity index is 1.86. The Hall–Kier alpha value is -2.43. The van der Waals surface area contributed by atoms with Gasteiger partial charge in [-0.25, -0.2) is 4.39 Å². The number of aryl methyl sites for hydroxylation is 1. The molecule has 1 unspecified atom stereocenters. The van der Waals surface area contributed by atoms with Gasteiger partial charge in [-0.05, 0) is 55.2 Å². The van der Waals surface area contributed by atoms with Crippen molar-refractivity contribution in [2.75, 3.05) is 6.61 Å². The highest BCUT2D eigenvalue weighted by atomic mass is 19.1. The van der Waals surface area contributed by atoms with Gasteiger partial charge in [-0.3, -0.25) is 9.59 Å². The molecule has 150 valence electrons. The van der Waals surface area contributed by atoms with E-state index in [4.69, 9.17) is 4.74 Å². The molecule has 2 heterocycles. The van der Waals surface area contributed by atoms with Gasteiger partial charge in [0.15, 0.2) is 0 Å². The SMILES string of the molecule is CCCCCOC(=O)C1CCn2c1cc(CCC)c2C(=O)c1ccc(F)cc1. The number of aromatic nitrogens is 1. The number of unbranched alkanes of at least 4 members (excludes halogenated alkanes) is 2. The highest BCUT2D eigenvalue weighted by Gasteiger charge is 2.35. The Morgan fingerprint density at radius 3 is 2.57 bits per heavy atom. The molecule has 1 atom stereocenters. The molecule has 1 aromatic heterocycles. The monoisotopic (exact) mass is 385 g/mol. The normalized spacial score (nSPS) is 15.5. The molecular formula is C23H28FNO3. The van der Waals surface area contributed by atoms with E-state index >= 15 is 0 Å². The summed E-state index contributed by atoms with van der Waals surface area (Å²) >= 11 is 0. The number of hydrogen-bond donors (Lipinski definition) is 0. The maximum Gasteiger partial charge on any atom is 0.315 e. The molecule has 0 fully saturated rings. The lowest BCUT2D eigenvalue weighted by atomic mass is 10.00. The number of carbonyl (C=O) groups is 2. The summed E-state index contributed by atoms with van der Waals surface area (Å²) in [5.74, 6) is -0.994. The number of rotatable bonds is 9. The van der Waals surface area contributed by atoms with Gasteiger partial charge >= 0.3 is 5.97 Å². The average molecular weight is 385 g/mol. The topological polar surface area (TPSA) is 48.3 Å². The molecule has 0 N–H and O–H groups in total. The van der Waals surface area contributed by atoms with Gasteiger partial charge in [0.2, 0.25) is 5.78 Å². The number of esters is 1. The van der Waals surface area contributed by atoms with Crippen LogP contribution in [0.3, 0.4) is 0 Å². The molecule has 1 aliphatic heterocycles. The van der Waals surface area contributed by atoms with Gasteiger partial charge in [0.25, 0.3) is 0 Å². The maximum absolute atomic E-state index is 13.2. The van der Waals surface area contributed by atoms with Gasteiger partial charge in [-0.15, -0.1) is 0 Å². The second-order valence-electron chi connectivity index (χ2n) is 7.40. The van der Waals surface area contributed by atoms with Crippen LogP contribution in [0.2, 0.25) is 0 Å². The van der Waals surface area contributed by atoms with E-state index in [-0.39, 0.29) is 23.5 Å². The zero-order chi connectivity index (χ0) is 20.1. The first-order valence-corrected chi connectivity index (χ1v) is 10.3. The minimum atomic E-state index is -0.364. The lowest BCUT2D eigenvalue weighted by Crippen LogP contribution is -2.14. The van der Waals surface area contributed by atoms with Crippen molar-refractivity contribution in [1.29, 1.82) is 0 Å². The predicted molar refractivity (Wildman–Crippen MR) is 106 cm³/mol. The van der Waals surface area contributed by atoms with Crippen molar-refractivity contribution in [1.82, 2.24) is 4.57 Å². The number of nitrogens with zero attached hydrogens (tertiary/aromatic N) is 1. The van der Waals surface area contributed by atoms with Gasteiger partial charge < -0.3 is 9.30 Å². The number of fused-ring (bicyclic) bond motifs is 1. The lowest BCUT2D eigenvalue weighted by molar-refractivity contribution is -0.145. The minimum absolute atomic E-state index is 0.119. The molecule has 3 rings (SSSR count). The van der Waals surface area contributed by atoms with Crippen molar-refractivity contribution >= 4 is 11.8 Å². The first-order chi connectivity index (χ1) is 13.6. The Morgan fingerprint density at radius 2 is 1.89 bits per heavy atom. The third-order valence-electron chi connectivity index (χ3n) is 5.32. The summed E-state index contributed by atoms with van der Waals surface area (Å²) in [6, 6.07) is 7.63. The first kappa shape index (κ1) is 20.3. The molecule has 0 amide bonds. The van der Waals surface area contributed by atoms with Crippen molar-refractivity contribution in [3.63, 3.8) is 0 Å². The molecule has 0 radical (unpaired) electrons. The molecule has 1 aliphatic rings. The molecular weight excluding hydrogens is 357 g/mol. The van der Waals surface area contributed by atoms with Crippen LogP contribution >= 0.6 is 0 Å². The highest BCUT2D eigenvalue weighted by molar-refractivity contribution is 6.09. The van der Waals surface area contributed by atoms with E-state index < -0.39 is 0 Å². The van der Waals surface area contributed by atoms with E-state index in [1.807, 2.05) is 10.6 Å². The van der Waals surface area contributed by atoms with E-state index in [0.717, 1.165) is 43.4 Å². The summed E-state index contributed by atoms with van der Waals surface area (Å²) < 4.78 is 20.7. The largest absolute Gasteiger partial charge is 0.465 e. The lowest BCUT2D eigenvalue weighted by Gasteiger charge is -2.09. The van der Waals surface area contributed by atoms with Crippen LogP contribution in [0, 0.1) is 5.82 Å². The summed E-state index contributed by atoms with van der Waals surface area (Å²) in [5.41, 5.74) is 2.92. The molecule has 2 aromatic rings. The third-order valence-corrected chi connectivity index (χ3v) is 5.32. The Kier molecular flexibility index (Phi) is 6.65. The molecule has 0 saturated heterocycles. The van der Waals surface area contributed by atoms with Gasteiger partial charge in [0, 0.05) is 17.8 Å². The highest BCUT2D eigenvalue weighted by Crippen LogP contribution is 2.35. The van der Waals surface area contributed by atoms with Crippen LogP contribution in [-0.4, -0.2) is 22.9 Å². The Bertz CT molecular complexity index is 838. The summed E-state index contributed by atoms with van der Waals surface area (Å²) in [4.78, 5) is 25.7. The van der Waals surface area contributed by atoms with Crippen LogP contribution < -0.4 is 0 Å². The Morgan fingerprint density at radius 1 is 1.14 bits per heavy atom. The van der Waals surface area contributed by atoms with Gasteiger partial charge in [0.1, 0.15) is 5.82 Å². The number of halogens is 1. The third kappa shape index (κ3) is 4.18. The minimum Gasteiger partial charge on any atom is -0.465 e. The molecule has 0 saturated carbocycles. The smallest absolute Gasteiger partial charge is 0.315 e. The van der Waals surface area contributed by atoms with E-state index in [9.17, 15) is 14.0 Å². The van der Waals surface area contributed by atoms with E-state index in [2.05, 4.69) is 13.8 Å². The van der Waals surface area contributed by atoms with Crippen molar-refractivity contribution in [3.8, 4) is 0 Å². The zero-order valence-corrected chi connectivity index (χ0v) is 16.7. The average Bonchev–Trinajstić information content (AvgIpc) is 3.24. The van der Waals surface area contributed by atoms with E-state index in [1.165, 1.54) is 24.3 Å². The predicted octanol–water partition coefficient (Wildman–Crippen LogP) is 5.03. The second-order valence-corrected chi connectivity index (χ2v) is 7.40. The fourth-order valence-electron chi connectivity index (χ4n) is 3.89. The summed E-state index contributed by atoms with van der Waals surface area (Å²) in [7, 11) is 0. The molecule has 1 aromatic carbocycles. The Labute approximate surface area is 165 Å². The standard InChI is InChI=1S/C23H28FNO3/c1-3-5-6-14-28-23(27)19-12-13-25-20(19)15-17(7-4-2)21(25)22(26)16-8-10-18(24)11-9-16/h8-11,15,19H,3-7,12-14H2,1-2H3. The molecule has 0 spiro atoms. The van der Waals surface area contributed by atoms with Gasteiger partial charge in [-0.2, -0.15) is 0 Å². The van der Waals surface area contributed by atoms with Gasteiger partial charge in [-0.1, -0.05) is 33.1 Å². The van der Waals surface area contributed by atoms with E-state index in [0.29, 0.717) is 30.8 Å².